The van der Waals surface area contributed by atoms with Crippen LogP contribution < -0.4 is 10.5 Å². The maximum absolute atomic E-state index is 8.77. The van der Waals surface area contributed by atoms with Crippen LogP contribution in [-0.4, -0.2) is 4.98 Å². The van der Waals surface area contributed by atoms with Gasteiger partial charge in [-0.3, -0.25) is 4.98 Å². The van der Waals surface area contributed by atoms with Crippen molar-refractivity contribution in [2.45, 2.75) is 0 Å². The zero-order valence-electron chi connectivity index (χ0n) is 10.6. The molecule has 0 bridgehead atoms. The quantitative estimate of drug-likeness (QED) is 0.717. The van der Waals surface area contributed by atoms with Gasteiger partial charge >= 0.3 is 0 Å². The molecule has 0 aliphatic rings. The first-order chi connectivity index (χ1) is 9.76. The summed E-state index contributed by atoms with van der Waals surface area (Å²) in [6.07, 6.45) is 1.68. The fraction of sp³-hybridized carbons (Fsp3) is 0. The Hall–Kier alpha value is -3.06. The third kappa shape index (κ3) is 2.25. The van der Waals surface area contributed by atoms with E-state index in [1.807, 2.05) is 12.1 Å². The molecule has 0 atom stereocenters. The molecule has 1 heterocycles. The molecule has 0 fully saturated rings. The number of anilines is 1. The Morgan fingerprint density at radius 2 is 1.85 bits per heavy atom. The number of nitrogen functional groups attached to an aromatic ring is 1. The number of aromatic nitrogens is 1. The first-order valence-electron chi connectivity index (χ1n) is 6.08. The minimum absolute atomic E-state index is 0.602. The van der Waals surface area contributed by atoms with Crippen molar-refractivity contribution in [1.29, 1.82) is 5.26 Å². The third-order valence-electron chi connectivity index (χ3n) is 2.94. The van der Waals surface area contributed by atoms with Crippen LogP contribution in [0.5, 0.6) is 11.5 Å². The van der Waals surface area contributed by atoms with E-state index in [2.05, 4.69) is 11.1 Å². The molecular weight excluding hydrogens is 250 g/mol. The Labute approximate surface area is 116 Å². The molecule has 0 amide bonds. The Morgan fingerprint density at radius 3 is 2.60 bits per heavy atom. The van der Waals surface area contributed by atoms with Gasteiger partial charge in [0.05, 0.1) is 17.1 Å². The molecule has 4 heteroatoms. The number of nitriles is 1. The number of benzene rings is 2. The normalized spacial score (nSPS) is 10.2. The average Bonchev–Trinajstić information content (AvgIpc) is 2.48. The fourth-order valence-electron chi connectivity index (χ4n) is 1.95. The molecule has 20 heavy (non-hydrogen) atoms. The molecule has 1 aromatic heterocycles. The molecule has 4 nitrogen and oxygen atoms in total. The van der Waals surface area contributed by atoms with Crippen LogP contribution in [0.4, 0.5) is 5.69 Å². The van der Waals surface area contributed by atoms with Crippen molar-refractivity contribution in [3.05, 3.63) is 60.3 Å². The molecule has 0 saturated carbocycles. The maximum atomic E-state index is 8.77. The molecule has 0 saturated heterocycles. The van der Waals surface area contributed by atoms with Gasteiger partial charge in [0.2, 0.25) is 0 Å². The van der Waals surface area contributed by atoms with E-state index in [0.29, 0.717) is 22.7 Å². The van der Waals surface area contributed by atoms with E-state index in [1.165, 1.54) is 0 Å². The predicted octanol–water partition coefficient (Wildman–Crippen LogP) is 3.48. The van der Waals surface area contributed by atoms with Gasteiger partial charge < -0.3 is 10.5 Å². The minimum atomic E-state index is 0.602. The topological polar surface area (TPSA) is 71.9 Å². The van der Waals surface area contributed by atoms with Crippen LogP contribution in [0.15, 0.2) is 54.7 Å². The summed E-state index contributed by atoms with van der Waals surface area (Å²) in [5.74, 6) is 1.38. The smallest absolute Gasteiger partial charge is 0.138 e. The van der Waals surface area contributed by atoms with E-state index >= 15 is 0 Å². The number of pyridine rings is 1. The summed E-state index contributed by atoms with van der Waals surface area (Å²) in [6.45, 7) is 0. The Bertz CT molecular complexity index is 804. The van der Waals surface area contributed by atoms with Crippen LogP contribution in [0.2, 0.25) is 0 Å². The monoisotopic (exact) mass is 261 g/mol. The highest BCUT2D eigenvalue weighted by Crippen LogP contribution is 2.29. The molecular formula is C16H11N3O. The van der Waals surface area contributed by atoms with E-state index in [9.17, 15) is 0 Å². The van der Waals surface area contributed by atoms with Crippen molar-refractivity contribution in [3.8, 4) is 17.6 Å². The Kier molecular flexibility index (Phi) is 2.94. The number of fused-ring (bicyclic) bond motifs is 1. The van der Waals surface area contributed by atoms with Gasteiger partial charge in [-0.2, -0.15) is 5.26 Å². The summed E-state index contributed by atoms with van der Waals surface area (Å²) >= 11 is 0. The van der Waals surface area contributed by atoms with Crippen LogP contribution in [0.25, 0.3) is 10.9 Å². The lowest BCUT2D eigenvalue weighted by Crippen LogP contribution is -1.90. The second kappa shape index (κ2) is 4.90. The lowest BCUT2D eigenvalue weighted by Gasteiger charge is -2.08. The van der Waals surface area contributed by atoms with Gasteiger partial charge in [-0.1, -0.05) is 0 Å². The predicted molar refractivity (Wildman–Crippen MR) is 77.4 cm³/mol. The second-order valence-electron chi connectivity index (χ2n) is 4.32. The van der Waals surface area contributed by atoms with Gasteiger partial charge in [0.1, 0.15) is 11.5 Å². The minimum Gasteiger partial charge on any atom is -0.457 e. The highest BCUT2D eigenvalue weighted by molar-refractivity contribution is 5.87. The second-order valence-corrected chi connectivity index (χ2v) is 4.32. The standard InChI is InChI=1S/C16H11N3O/c17-10-11-1-4-13(5-2-11)20-16-7-8-19-15-9-12(18)3-6-14(15)16/h1-9H,18H2. The molecule has 3 rings (SSSR count). The number of hydrogen-bond acceptors (Lipinski definition) is 4. The summed E-state index contributed by atoms with van der Waals surface area (Å²) in [7, 11) is 0. The van der Waals surface area contributed by atoms with Gasteiger partial charge in [-0.05, 0) is 48.5 Å². The van der Waals surface area contributed by atoms with E-state index in [-0.39, 0.29) is 0 Å². The number of nitrogens with zero attached hydrogens (tertiary/aromatic N) is 2. The summed E-state index contributed by atoms with van der Waals surface area (Å²) < 4.78 is 5.84. The van der Waals surface area contributed by atoms with Crippen LogP contribution in [0.1, 0.15) is 5.56 Å². The summed E-state index contributed by atoms with van der Waals surface area (Å²) in [5, 5.41) is 9.67. The van der Waals surface area contributed by atoms with Crippen molar-refractivity contribution < 1.29 is 4.74 Å². The van der Waals surface area contributed by atoms with E-state index < -0.39 is 0 Å². The molecule has 3 aromatic rings. The number of nitrogens with two attached hydrogens (primary N) is 1. The lowest BCUT2D eigenvalue weighted by atomic mass is 10.2. The average molecular weight is 261 g/mol. The SMILES string of the molecule is N#Cc1ccc(Oc2ccnc3cc(N)ccc23)cc1. The van der Waals surface area contributed by atoms with E-state index in [1.54, 1.807) is 42.6 Å². The fourth-order valence-corrected chi connectivity index (χ4v) is 1.95. The molecule has 0 unspecified atom stereocenters. The van der Waals surface area contributed by atoms with Gasteiger partial charge in [0.15, 0.2) is 0 Å². The molecule has 96 valence electrons. The van der Waals surface area contributed by atoms with Gasteiger partial charge in [-0.15, -0.1) is 0 Å². The maximum Gasteiger partial charge on any atom is 0.138 e. The largest absolute Gasteiger partial charge is 0.457 e. The van der Waals surface area contributed by atoms with Gasteiger partial charge in [0.25, 0.3) is 0 Å². The van der Waals surface area contributed by atoms with Crippen LogP contribution >= 0.6 is 0 Å². The third-order valence-corrected chi connectivity index (χ3v) is 2.94. The molecule has 0 spiro atoms. The van der Waals surface area contributed by atoms with Crippen molar-refractivity contribution in [1.82, 2.24) is 4.98 Å². The van der Waals surface area contributed by atoms with Gasteiger partial charge in [0, 0.05) is 17.3 Å². The van der Waals surface area contributed by atoms with E-state index in [0.717, 1.165) is 10.9 Å². The zero-order chi connectivity index (χ0) is 13.9. The van der Waals surface area contributed by atoms with E-state index in [4.69, 9.17) is 15.7 Å². The van der Waals surface area contributed by atoms with Crippen molar-refractivity contribution in [2.75, 3.05) is 5.73 Å². The summed E-state index contributed by atoms with van der Waals surface area (Å²) in [4.78, 5) is 4.27. The summed E-state index contributed by atoms with van der Waals surface area (Å²) in [5.41, 5.74) is 7.80. The highest BCUT2D eigenvalue weighted by atomic mass is 16.5. The zero-order valence-corrected chi connectivity index (χ0v) is 10.6. The van der Waals surface area contributed by atoms with Crippen LogP contribution in [-0.2, 0) is 0 Å². The molecule has 0 aliphatic carbocycles. The Balaban J connectivity index is 2.00. The van der Waals surface area contributed by atoms with Crippen LogP contribution in [0.3, 0.4) is 0 Å². The van der Waals surface area contributed by atoms with Crippen molar-refractivity contribution in [2.24, 2.45) is 0 Å². The van der Waals surface area contributed by atoms with Crippen LogP contribution in [0, 0.1) is 11.3 Å². The molecule has 0 radical (unpaired) electrons. The first-order valence-corrected chi connectivity index (χ1v) is 6.08. The molecule has 0 aliphatic heterocycles. The first kappa shape index (κ1) is 12.0. The van der Waals surface area contributed by atoms with Gasteiger partial charge in [-0.25, -0.2) is 0 Å². The highest BCUT2D eigenvalue weighted by Gasteiger charge is 2.05. The van der Waals surface area contributed by atoms with Crippen molar-refractivity contribution >= 4 is 16.6 Å². The number of ether oxygens (including phenoxy) is 1. The van der Waals surface area contributed by atoms with Crippen molar-refractivity contribution in [3.63, 3.8) is 0 Å². The molecule has 2 aromatic carbocycles. The number of rotatable bonds is 2. The summed E-state index contributed by atoms with van der Waals surface area (Å²) in [6, 6.07) is 16.4. The number of hydrogen-bond donors (Lipinski definition) is 1. The lowest BCUT2D eigenvalue weighted by molar-refractivity contribution is 0.488. The Morgan fingerprint density at radius 1 is 1.05 bits per heavy atom. The molecule has 2 N–H and O–H groups in total.